The molecule has 160 valence electrons. The molecular weight excluding hydrogens is 378 g/mol. The van der Waals surface area contributed by atoms with Crippen LogP contribution < -0.4 is 10.6 Å². The Hall–Kier alpha value is -2.60. The maximum absolute atomic E-state index is 12.7. The van der Waals surface area contributed by atoms with Crippen LogP contribution in [0.4, 0.5) is 0 Å². The Morgan fingerprint density at radius 3 is 2.37 bits per heavy atom. The van der Waals surface area contributed by atoms with Crippen LogP contribution in [0.3, 0.4) is 0 Å². The van der Waals surface area contributed by atoms with Crippen LogP contribution in [-0.4, -0.2) is 42.4 Å². The molecule has 1 atom stereocenters. The standard InChI is InChI=1S/C24H31N3O3/c1-16-3-5-18(6-4-16)22(19-7-8-19)26-21(28)15-27-12-9-20(10-13-27)25-24(29)23-17(2)11-14-30-23/h3-6,11,14,19-20,22H,7-10,12-13,15H2,1-2H3,(H,25,29)(H,26,28). The number of carbonyl (C=O) groups is 2. The van der Waals surface area contributed by atoms with Gasteiger partial charge in [0.15, 0.2) is 5.76 Å². The van der Waals surface area contributed by atoms with Crippen LogP contribution in [0.25, 0.3) is 0 Å². The van der Waals surface area contributed by atoms with Crippen molar-refractivity contribution in [1.82, 2.24) is 15.5 Å². The summed E-state index contributed by atoms with van der Waals surface area (Å²) >= 11 is 0. The van der Waals surface area contributed by atoms with Gasteiger partial charge in [-0.1, -0.05) is 29.8 Å². The zero-order chi connectivity index (χ0) is 21.1. The molecular formula is C24H31N3O3. The molecule has 2 aromatic rings. The van der Waals surface area contributed by atoms with Gasteiger partial charge in [-0.05, 0) is 57.1 Å². The first-order chi connectivity index (χ1) is 14.5. The molecule has 2 fully saturated rings. The first kappa shape index (κ1) is 20.7. The van der Waals surface area contributed by atoms with Crippen molar-refractivity contribution >= 4 is 11.8 Å². The number of likely N-dealkylation sites (tertiary alicyclic amines) is 1. The number of benzene rings is 1. The van der Waals surface area contributed by atoms with E-state index in [1.807, 2.05) is 6.92 Å². The SMILES string of the molecule is Cc1ccc(C(NC(=O)CN2CCC(NC(=O)c3occc3C)CC2)C2CC2)cc1. The Morgan fingerprint density at radius 2 is 1.77 bits per heavy atom. The van der Waals surface area contributed by atoms with Gasteiger partial charge in [-0.3, -0.25) is 14.5 Å². The molecule has 0 bridgehead atoms. The van der Waals surface area contributed by atoms with Gasteiger partial charge in [0.25, 0.3) is 5.91 Å². The van der Waals surface area contributed by atoms with E-state index in [0.29, 0.717) is 18.2 Å². The number of furan rings is 1. The van der Waals surface area contributed by atoms with Crippen LogP contribution in [0.15, 0.2) is 41.0 Å². The molecule has 1 aliphatic carbocycles. The van der Waals surface area contributed by atoms with Gasteiger partial charge in [0.2, 0.25) is 5.91 Å². The number of nitrogens with zero attached hydrogens (tertiary/aromatic N) is 1. The van der Waals surface area contributed by atoms with E-state index >= 15 is 0 Å². The van der Waals surface area contributed by atoms with Crippen LogP contribution >= 0.6 is 0 Å². The van der Waals surface area contributed by atoms with E-state index in [0.717, 1.165) is 31.5 Å². The fourth-order valence-electron chi connectivity index (χ4n) is 4.19. The van der Waals surface area contributed by atoms with Gasteiger partial charge in [0.1, 0.15) is 0 Å². The summed E-state index contributed by atoms with van der Waals surface area (Å²) < 4.78 is 5.27. The van der Waals surface area contributed by atoms with Crippen molar-refractivity contribution in [3.8, 4) is 0 Å². The van der Waals surface area contributed by atoms with Gasteiger partial charge in [0.05, 0.1) is 18.8 Å². The molecule has 6 heteroatoms. The average molecular weight is 410 g/mol. The number of nitrogens with one attached hydrogen (secondary N) is 2. The Bertz CT molecular complexity index is 877. The van der Waals surface area contributed by atoms with Crippen LogP contribution in [0.1, 0.15) is 59.0 Å². The van der Waals surface area contributed by atoms with Crippen LogP contribution in [0, 0.1) is 19.8 Å². The molecule has 6 nitrogen and oxygen atoms in total. The summed E-state index contributed by atoms with van der Waals surface area (Å²) in [5, 5.41) is 6.32. The highest BCUT2D eigenvalue weighted by molar-refractivity contribution is 5.93. The maximum atomic E-state index is 12.7. The predicted molar refractivity (Wildman–Crippen MR) is 115 cm³/mol. The first-order valence-corrected chi connectivity index (χ1v) is 10.9. The molecule has 2 amide bonds. The fourth-order valence-corrected chi connectivity index (χ4v) is 4.19. The number of carbonyl (C=O) groups excluding carboxylic acids is 2. The highest BCUT2D eigenvalue weighted by Gasteiger charge is 2.34. The van der Waals surface area contributed by atoms with Gasteiger partial charge in [-0.2, -0.15) is 0 Å². The molecule has 1 saturated heterocycles. The Labute approximate surface area is 178 Å². The molecule has 4 rings (SSSR count). The van der Waals surface area contributed by atoms with E-state index in [9.17, 15) is 9.59 Å². The second-order valence-corrected chi connectivity index (χ2v) is 8.75. The van der Waals surface area contributed by atoms with Crippen LogP contribution in [0.5, 0.6) is 0 Å². The smallest absolute Gasteiger partial charge is 0.287 e. The minimum atomic E-state index is -0.154. The monoisotopic (exact) mass is 409 g/mol. The number of hydrogen-bond donors (Lipinski definition) is 2. The zero-order valence-corrected chi connectivity index (χ0v) is 17.8. The summed E-state index contributed by atoms with van der Waals surface area (Å²) in [6.45, 7) is 5.96. The van der Waals surface area contributed by atoms with Gasteiger partial charge in [0, 0.05) is 24.7 Å². The van der Waals surface area contributed by atoms with Crippen molar-refractivity contribution < 1.29 is 14.0 Å². The maximum Gasteiger partial charge on any atom is 0.287 e. The summed E-state index contributed by atoms with van der Waals surface area (Å²) in [6, 6.07) is 10.5. The van der Waals surface area contributed by atoms with Gasteiger partial charge < -0.3 is 15.1 Å². The van der Waals surface area contributed by atoms with Crippen LogP contribution in [-0.2, 0) is 4.79 Å². The van der Waals surface area contributed by atoms with Crippen molar-refractivity contribution in [3.05, 3.63) is 59.0 Å². The molecule has 1 aromatic carbocycles. The molecule has 2 N–H and O–H groups in total. The lowest BCUT2D eigenvalue weighted by molar-refractivity contribution is -0.123. The van der Waals surface area contributed by atoms with Crippen molar-refractivity contribution in [2.75, 3.05) is 19.6 Å². The van der Waals surface area contributed by atoms with E-state index in [1.54, 1.807) is 6.07 Å². The largest absolute Gasteiger partial charge is 0.459 e. The molecule has 1 aromatic heterocycles. The van der Waals surface area contributed by atoms with Crippen molar-refractivity contribution in [2.45, 2.75) is 51.6 Å². The first-order valence-electron chi connectivity index (χ1n) is 10.9. The number of amides is 2. The van der Waals surface area contributed by atoms with Crippen molar-refractivity contribution in [3.63, 3.8) is 0 Å². The van der Waals surface area contributed by atoms with Crippen molar-refractivity contribution in [1.29, 1.82) is 0 Å². The lowest BCUT2D eigenvalue weighted by atomic mass is 10.0. The fraction of sp³-hybridized carbons (Fsp3) is 0.500. The molecule has 30 heavy (non-hydrogen) atoms. The van der Waals surface area contributed by atoms with E-state index in [1.165, 1.54) is 30.2 Å². The Balaban J connectivity index is 1.24. The summed E-state index contributed by atoms with van der Waals surface area (Å²) in [6.07, 6.45) is 5.57. The van der Waals surface area contributed by atoms with Gasteiger partial charge in [-0.25, -0.2) is 0 Å². The van der Waals surface area contributed by atoms with E-state index in [4.69, 9.17) is 4.42 Å². The second-order valence-electron chi connectivity index (χ2n) is 8.75. The lowest BCUT2D eigenvalue weighted by Gasteiger charge is -2.32. The summed E-state index contributed by atoms with van der Waals surface area (Å²) in [5.41, 5.74) is 3.28. The average Bonchev–Trinajstić information content (AvgIpc) is 3.48. The molecule has 0 radical (unpaired) electrons. The van der Waals surface area contributed by atoms with E-state index in [2.05, 4.69) is 46.7 Å². The quantitative estimate of drug-likeness (QED) is 0.735. The third-order valence-corrected chi connectivity index (χ3v) is 6.20. The van der Waals surface area contributed by atoms with Crippen LogP contribution in [0.2, 0.25) is 0 Å². The van der Waals surface area contributed by atoms with E-state index < -0.39 is 0 Å². The molecule has 1 unspecified atom stereocenters. The zero-order valence-electron chi connectivity index (χ0n) is 17.8. The number of aryl methyl sites for hydroxylation is 2. The van der Waals surface area contributed by atoms with Gasteiger partial charge >= 0.3 is 0 Å². The molecule has 1 saturated carbocycles. The normalized spacial score (nSPS) is 18.7. The summed E-state index contributed by atoms with van der Waals surface area (Å²) in [7, 11) is 0. The molecule has 0 spiro atoms. The third kappa shape index (κ3) is 5.11. The lowest BCUT2D eigenvalue weighted by Crippen LogP contribution is -2.47. The van der Waals surface area contributed by atoms with E-state index in [-0.39, 0.29) is 23.9 Å². The number of hydrogen-bond acceptors (Lipinski definition) is 4. The minimum absolute atomic E-state index is 0.0844. The highest BCUT2D eigenvalue weighted by atomic mass is 16.3. The van der Waals surface area contributed by atoms with Gasteiger partial charge in [-0.15, -0.1) is 0 Å². The number of rotatable bonds is 7. The summed E-state index contributed by atoms with van der Waals surface area (Å²) in [4.78, 5) is 27.2. The molecule has 1 aliphatic heterocycles. The highest BCUT2D eigenvalue weighted by Crippen LogP contribution is 2.41. The molecule has 2 aliphatic rings. The second kappa shape index (κ2) is 9.04. The predicted octanol–water partition coefficient (Wildman–Crippen LogP) is 3.36. The number of piperidine rings is 1. The van der Waals surface area contributed by atoms with Crippen molar-refractivity contribution in [2.24, 2.45) is 5.92 Å². The minimum Gasteiger partial charge on any atom is -0.459 e. The Kier molecular flexibility index (Phi) is 6.23. The summed E-state index contributed by atoms with van der Waals surface area (Å²) in [5.74, 6) is 0.877. The molecule has 2 heterocycles. The Morgan fingerprint density at radius 1 is 1.07 bits per heavy atom. The third-order valence-electron chi connectivity index (χ3n) is 6.20. The topological polar surface area (TPSA) is 74.6 Å².